The van der Waals surface area contributed by atoms with Crippen molar-refractivity contribution < 1.29 is 73.9 Å². The standard InChI is InChI=1S/C5H7BF3O2.K/c1-5(10)11-4-2-3-6(7,8)9;/h2,4H,3H2,1H3;/q-1;+1/b4-2+;. The quantitative estimate of drug-likeness (QED) is 0.333. The summed E-state index contributed by atoms with van der Waals surface area (Å²) in [7, 11) is 0. The van der Waals surface area contributed by atoms with Gasteiger partial charge in [0.25, 0.3) is 0 Å². The van der Waals surface area contributed by atoms with Crippen LogP contribution in [0.15, 0.2) is 12.3 Å². The molecule has 0 saturated heterocycles. The molecule has 0 atom stereocenters. The molecule has 0 aliphatic rings. The van der Waals surface area contributed by atoms with Crippen LogP contribution in [0.1, 0.15) is 6.92 Å². The second-order valence-corrected chi connectivity index (χ2v) is 1.93. The SMILES string of the molecule is CC(=O)O/C=C/C[B-](F)(F)F.[K+]. The Labute approximate surface area is 111 Å². The summed E-state index contributed by atoms with van der Waals surface area (Å²) in [6, 6.07) is 0. The Kier molecular flexibility index (Phi) is 9.03. The minimum Gasteiger partial charge on any atom is -0.449 e. The molecule has 0 amide bonds. The smallest absolute Gasteiger partial charge is 0.449 e. The van der Waals surface area contributed by atoms with Crippen molar-refractivity contribution in [3.63, 3.8) is 0 Å². The van der Waals surface area contributed by atoms with E-state index in [0.717, 1.165) is 19.3 Å². The zero-order valence-corrected chi connectivity index (χ0v) is 10.0. The van der Waals surface area contributed by atoms with Gasteiger partial charge in [-0.2, -0.15) is 0 Å². The molecule has 7 heteroatoms. The first-order valence-electron chi connectivity index (χ1n) is 2.95. The van der Waals surface area contributed by atoms with Crippen LogP contribution in [0.25, 0.3) is 0 Å². The van der Waals surface area contributed by atoms with E-state index in [1.165, 1.54) is 0 Å². The fourth-order valence-corrected chi connectivity index (χ4v) is 0.354. The average molecular weight is 206 g/mol. The molecule has 0 fully saturated rings. The molecule has 0 N–H and O–H groups in total. The third-order valence-electron chi connectivity index (χ3n) is 0.734. The molecule has 0 heterocycles. The van der Waals surface area contributed by atoms with E-state index in [0.29, 0.717) is 0 Å². The number of carbonyl (C=O) groups excluding carboxylic acids is 1. The Morgan fingerprint density at radius 2 is 2.00 bits per heavy atom. The summed E-state index contributed by atoms with van der Waals surface area (Å²) in [5.74, 6) is -0.629. The van der Waals surface area contributed by atoms with Crippen molar-refractivity contribution in [1.82, 2.24) is 0 Å². The fraction of sp³-hybridized carbons (Fsp3) is 0.400. The molecule has 0 aliphatic heterocycles. The van der Waals surface area contributed by atoms with Gasteiger partial charge in [0.05, 0.1) is 6.26 Å². The Hall–Kier alpha value is 0.701. The van der Waals surface area contributed by atoms with Gasteiger partial charge in [0.2, 0.25) is 0 Å². The molecular formula is C5H7BF3KO2. The van der Waals surface area contributed by atoms with E-state index in [-0.39, 0.29) is 51.4 Å². The summed E-state index contributed by atoms with van der Waals surface area (Å²) in [6.07, 6.45) is 0.492. The normalized spacial score (nSPS) is 11.0. The molecule has 0 bridgehead atoms. The topological polar surface area (TPSA) is 26.3 Å². The molecule has 0 aliphatic carbocycles. The van der Waals surface area contributed by atoms with Gasteiger partial charge in [-0.25, -0.2) is 0 Å². The number of rotatable bonds is 3. The van der Waals surface area contributed by atoms with Gasteiger partial charge in [-0.1, -0.05) is 12.4 Å². The van der Waals surface area contributed by atoms with Gasteiger partial charge in [0, 0.05) is 6.92 Å². The van der Waals surface area contributed by atoms with E-state index in [4.69, 9.17) is 0 Å². The number of allylic oxidation sites excluding steroid dienone is 1. The molecule has 2 nitrogen and oxygen atoms in total. The number of hydrogen-bond acceptors (Lipinski definition) is 2. The van der Waals surface area contributed by atoms with Gasteiger partial charge in [-0.3, -0.25) is 4.79 Å². The monoisotopic (exact) mass is 206 g/mol. The summed E-state index contributed by atoms with van der Waals surface area (Å²) in [5.41, 5.74) is 0. The molecule has 0 unspecified atom stereocenters. The number of carbonyl (C=O) groups is 1. The number of esters is 1. The van der Waals surface area contributed by atoms with Crippen LogP contribution in [0.2, 0.25) is 6.32 Å². The first kappa shape index (κ1) is 15.2. The molecule has 12 heavy (non-hydrogen) atoms. The average Bonchev–Trinajstić information content (AvgIpc) is 1.78. The molecule has 0 saturated carbocycles. The van der Waals surface area contributed by atoms with Crippen molar-refractivity contribution in [2.75, 3.05) is 0 Å². The Morgan fingerprint density at radius 1 is 1.50 bits per heavy atom. The van der Waals surface area contributed by atoms with E-state index in [9.17, 15) is 17.7 Å². The van der Waals surface area contributed by atoms with Crippen LogP contribution < -0.4 is 51.4 Å². The van der Waals surface area contributed by atoms with Crippen LogP contribution in [0.5, 0.6) is 0 Å². The van der Waals surface area contributed by atoms with E-state index < -0.39 is 19.3 Å². The minimum atomic E-state index is -4.81. The summed E-state index contributed by atoms with van der Waals surface area (Å²) in [5, 5.41) is 0. The molecule has 0 aromatic heterocycles. The number of ether oxygens (including phenoxy) is 1. The number of halogens is 3. The van der Waals surface area contributed by atoms with Crippen LogP contribution in [-0.4, -0.2) is 12.9 Å². The van der Waals surface area contributed by atoms with E-state index in [2.05, 4.69) is 4.74 Å². The van der Waals surface area contributed by atoms with Gasteiger partial charge >= 0.3 is 64.3 Å². The van der Waals surface area contributed by atoms with Crippen LogP contribution >= 0.6 is 0 Å². The Bertz CT molecular complexity index is 169. The zero-order chi connectivity index (χ0) is 8.91. The maximum Gasteiger partial charge on any atom is 1.00 e. The van der Waals surface area contributed by atoms with Crippen molar-refractivity contribution in [3.05, 3.63) is 12.3 Å². The summed E-state index contributed by atoms with van der Waals surface area (Å²) >= 11 is 0. The van der Waals surface area contributed by atoms with Gasteiger partial charge in [-0.05, 0) is 0 Å². The van der Waals surface area contributed by atoms with Gasteiger partial charge in [0.15, 0.2) is 0 Å². The van der Waals surface area contributed by atoms with Crippen LogP contribution in [0.3, 0.4) is 0 Å². The van der Waals surface area contributed by atoms with Crippen molar-refractivity contribution in [1.29, 1.82) is 0 Å². The van der Waals surface area contributed by atoms with E-state index in [1.54, 1.807) is 0 Å². The largest absolute Gasteiger partial charge is 1.00 e. The van der Waals surface area contributed by atoms with Gasteiger partial charge < -0.3 is 17.7 Å². The molecule has 0 spiro atoms. The van der Waals surface area contributed by atoms with Crippen LogP contribution in [0, 0.1) is 0 Å². The molecule has 0 aromatic rings. The minimum absolute atomic E-state index is 0. The number of hydrogen-bond donors (Lipinski definition) is 0. The Balaban J connectivity index is 0. The molecule has 0 aromatic carbocycles. The molecule has 64 valence electrons. The zero-order valence-electron chi connectivity index (χ0n) is 6.89. The second-order valence-electron chi connectivity index (χ2n) is 1.93. The van der Waals surface area contributed by atoms with Gasteiger partial charge in [0.1, 0.15) is 0 Å². The van der Waals surface area contributed by atoms with Crippen molar-refractivity contribution in [2.45, 2.75) is 13.2 Å². The summed E-state index contributed by atoms with van der Waals surface area (Å²) < 4.78 is 38.5. The summed E-state index contributed by atoms with van der Waals surface area (Å²) in [4.78, 5) is 10.0. The van der Waals surface area contributed by atoms with E-state index in [1.807, 2.05) is 0 Å². The third kappa shape index (κ3) is 13.3. The maximum absolute atomic E-state index is 11.5. The molecule has 0 rings (SSSR count). The molecular weight excluding hydrogens is 199 g/mol. The fourth-order valence-electron chi connectivity index (χ4n) is 0.354. The predicted octanol–water partition coefficient (Wildman–Crippen LogP) is -1.09. The molecule has 0 radical (unpaired) electrons. The van der Waals surface area contributed by atoms with Crippen molar-refractivity contribution >= 4 is 12.9 Å². The van der Waals surface area contributed by atoms with Crippen molar-refractivity contribution in [2.24, 2.45) is 0 Å². The Morgan fingerprint density at radius 3 is 2.33 bits per heavy atom. The second kappa shape index (κ2) is 7.14. The maximum atomic E-state index is 11.5. The van der Waals surface area contributed by atoms with Crippen LogP contribution in [-0.2, 0) is 9.53 Å². The van der Waals surface area contributed by atoms with Crippen molar-refractivity contribution in [3.8, 4) is 0 Å². The van der Waals surface area contributed by atoms with Gasteiger partial charge in [-0.15, -0.1) is 0 Å². The third-order valence-corrected chi connectivity index (χ3v) is 0.734. The first-order chi connectivity index (χ1) is 4.92. The van der Waals surface area contributed by atoms with E-state index >= 15 is 0 Å². The first-order valence-corrected chi connectivity index (χ1v) is 2.95. The van der Waals surface area contributed by atoms with Crippen LogP contribution in [0.4, 0.5) is 12.9 Å². The summed E-state index contributed by atoms with van der Waals surface area (Å²) in [6.45, 7) is -3.70. The predicted molar refractivity (Wildman–Crippen MR) is 34.8 cm³/mol.